The highest BCUT2D eigenvalue weighted by Crippen LogP contribution is 2.19. The summed E-state index contributed by atoms with van der Waals surface area (Å²) >= 11 is 0. The summed E-state index contributed by atoms with van der Waals surface area (Å²) in [5, 5.41) is 3.17. The number of aryl methyl sites for hydroxylation is 1. The molecule has 16 heavy (non-hydrogen) atoms. The Morgan fingerprint density at radius 2 is 2.25 bits per heavy atom. The molecule has 0 bridgehead atoms. The van der Waals surface area contributed by atoms with Gasteiger partial charge in [-0.15, -0.1) is 0 Å². The van der Waals surface area contributed by atoms with E-state index in [9.17, 15) is 9.18 Å². The van der Waals surface area contributed by atoms with Gasteiger partial charge in [-0.05, 0) is 19.1 Å². The number of fused-ring (bicyclic) bond motifs is 3. The van der Waals surface area contributed by atoms with Crippen molar-refractivity contribution >= 4 is 16.6 Å². The van der Waals surface area contributed by atoms with Crippen LogP contribution >= 0.6 is 0 Å². The highest BCUT2D eigenvalue weighted by Gasteiger charge is 2.11. The van der Waals surface area contributed by atoms with Gasteiger partial charge in [0.05, 0.1) is 10.9 Å². The van der Waals surface area contributed by atoms with E-state index < -0.39 is 0 Å². The lowest BCUT2D eigenvalue weighted by Crippen LogP contribution is -2.14. The zero-order valence-corrected chi connectivity index (χ0v) is 8.49. The van der Waals surface area contributed by atoms with E-state index in [2.05, 4.69) is 10.1 Å². The Balaban J connectivity index is 2.69. The molecule has 0 aliphatic carbocycles. The van der Waals surface area contributed by atoms with Gasteiger partial charge in [-0.3, -0.25) is 9.89 Å². The van der Waals surface area contributed by atoms with Gasteiger partial charge in [-0.25, -0.2) is 13.9 Å². The van der Waals surface area contributed by atoms with Crippen molar-refractivity contribution in [1.82, 2.24) is 14.6 Å². The SMILES string of the molecule is Cc1cc(=O)n2[nH]c3cccc(F)c3c2n1. The molecule has 0 unspecified atom stereocenters. The average Bonchev–Trinajstić information content (AvgIpc) is 2.58. The van der Waals surface area contributed by atoms with Crippen LogP contribution in [0.25, 0.3) is 16.6 Å². The third kappa shape index (κ3) is 1.08. The summed E-state index contributed by atoms with van der Waals surface area (Å²) in [7, 11) is 0. The van der Waals surface area contributed by atoms with Crippen molar-refractivity contribution in [3.8, 4) is 0 Å². The highest BCUT2D eigenvalue weighted by atomic mass is 19.1. The van der Waals surface area contributed by atoms with Gasteiger partial charge < -0.3 is 0 Å². The first-order valence-corrected chi connectivity index (χ1v) is 4.83. The van der Waals surface area contributed by atoms with Crippen LogP contribution in [0.15, 0.2) is 29.1 Å². The second-order valence-electron chi connectivity index (χ2n) is 3.67. The Hall–Kier alpha value is -2.17. The van der Waals surface area contributed by atoms with Gasteiger partial charge in [0.1, 0.15) is 5.82 Å². The number of aromatic amines is 1. The van der Waals surface area contributed by atoms with E-state index in [1.165, 1.54) is 16.6 Å². The van der Waals surface area contributed by atoms with E-state index in [0.717, 1.165) is 0 Å². The maximum absolute atomic E-state index is 13.6. The smallest absolute Gasteiger partial charge is 0.272 e. The van der Waals surface area contributed by atoms with E-state index >= 15 is 0 Å². The predicted molar refractivity (Wildman–Crippen MR) is 58.0 cm³/mol. The van der Waals surface area contributed by atoms with Gasteiger partial charge >= 0.3 is 0 Å². The molecular weight excluding hydrogens is 209 g/mol. The Bertz CT molecular complexity index is 757. The highest BCUT2D eigenvalue weighted by molar-refractivity contribution is 5.92. The zero-order valence-electron chi connectivity index (χ0n) is 8.49. The van der Waals surface area contributed by atoms with Crippen LogP contribution in [0.5, 0.6) is 0 Å². The number of nitrogens with zero attached hydrogens (tertiary/aromatic N) is 2. The van der Waals surface area contributed by atoms with Crippen LogP contribution in [0.3, 0.4) is 0 Å². The molecule has 0 radical (unpaired) electrons. The van der Waals surface area contributed by atoms with E-state index in [4.69, 9.17) is 0 Å². The minimum Gasteiger partial charge on any atom is -0.289 e. The van der Waals surface area contributed by atoms with Gasteiger partial charge in [0, 0.05) is 11.8 Å². The van der Waals surface area contributed by atoms with Crippen molar-refractivity contribution in [1.29, 1.82) is 0 Å². The number of hydrogen-bond acceptors (Lipinski definition) is 2. The van der Waals surface area contributed by atoms with Crippen LogP contribution in [-0.4, -0.2) is 14.6 Å². The maximum atomic E-state index is 13.6. The van der Waals surface area contributed by atoms with Gasteiger partial charge in [0.2, 0.25) is 0 Å². The Morgan fingerprint density at radius 3 is 3.06 bits per heavy atom. The molecule has 3 rings (SSSR count). The third-order valence-corrected chi connectivity index (χ3v) is 2.52. The van der Waals surface area contributed by atoms with Crippen molar-refractivity contribution in [2.75, 3.05) is 0 Å². The van der Waals surface area contributed by atoms with Crippen molar-refractivity contribution < 1.29 is 4.39 Å². The Kier molecular flexibility index (Phi) is 1.65. The summed E-state index contributed by atoms with van der Waals surface area (Å²) in [6.07, 6.45) is 0. The van der Waals surface area contributed by atoms with Crippen LogP contribution in [0, 0.1) is 12.7 Å². The molecule has 5 heteroatoms. The monoisotopic (exact) mass is 217 g/mol. The molecule has 2 aromatic heterocycles. The summed E-state index contributed by atoms with van der Waals surface area (Å²) < 4.78 is 14.9. The molecule has 0 fully saturated rings. The fourth-order valence-corrected chi connectivity index (χ4v) is 1.84. The van der Waals surface area contributed by atoms with Crippen molar-refractivity contribution in [3.63, 3.8) is 0 Å². The second kappa shape index (κ2) is 2.91. The van der Waals surface area contributed by atoms with Crippen molar-refractivity contribution in [2.24, 2.45) is 0 Å². The lowest BCUT2D eigenvalue weighted by molar-refractivity contribution is 0.640. The molecule has 80 valence electrons. The van der Waals surface area contributed by atoms with Gasteiger partial charge in [0.25, 0.3) is 5.56 Å². The normalized spacial score (nSPS) is 11.4. The summed E-state index contributed by atoms with van der Waals surface area (Å²) in [5.74, 6) is -0.381. The molecule has 3 aromatic rings. The Morgan fingerprint density at radius 1 is 1.44 bits per heavy atom. The number of halogens is 1. The number of nitrogens with one attached hydrogen (secondary N) is 1. The summed E-state index contributed by atoms with van der Waals surface area (Å²) in [5.41, 5.74) is 1.24. The molecule has 0 aliphatic rings. The molecule has 0 amide bonds. The molecule has 4 nitrogen and oxygen atoms in total. The topological polar surface area (TPSA) is 50.2 Å². The maximum Gasteiger partial charge on any atom is 0.272 e. The minimum absolute atomic E-state index is 0.238. The molecule has 0 aliphatic heterocycles. The first-order chi connectivity index (χ1) is 7.66. The third-order valence-electron chi connectivity index (χ3n) is 2.52. The van der Waals surface area contributed by atoms with Gasteiger partial charge in [-0.2, -0.15) is 0 Å². The standard InChI is InChI=1S/C11H8FN3O/c1-6-5-9(16)15-11(13-6)10-7(12)3-2-4-8(10)14-15/h2-5,14H,1H3. The molecular formula is C11H8FN3O. The molecule has 0 atom stereocenters. The first kappa shape index (κ1) is 9.08. The largest absolute Gasteiger partial charge is 0.289 e. The molecule has 0 saturated heterocycles. The van der Waals surface area contributed by atoms with Gasteiger partial charge in [-0.1, -0.05) is 6.07 Å². The van der Waals surface area contributed by atoms with Crippen LogP contribution in [-0.2, 0) is 0 Å². The van der Waals surface area contributed by atoms with Crippen LogP contribution in [0.2, 0.25) is 0 Å². The first-order valence-electron chi connectivity index (χ1n) is 4.83. The van der Waals surface area contributed by atoms with Gasteiger partial charge in [0.15, 0.2) is 5.65 Å². The molecule has 1 N–H and O–H groups in total. The minimum atomic E-state index is -0.381. The quantitative estimate of drug-likeness (QED) is 0.622. The number of benzene rings is 1. The molecule has 1 aromatic carbocycles. The summed E-state index contributed by atoms with van der Waals surface area (Å²) in [6.45, 7) is 1.71. The van der Waals surface area contributed by atoms with E-state index in [1.54, 1.807) is 19.1 Å². The average molecular weight is 217 g/mol. The number of hydrogen-bond donors (Lipinski definition) is 1. The van der Waals surface area contributed by atoms with Crippen molar-refractivity contribution in [3.05, 3.63) is 46.1 Å². The van der Waals surface area contributed by atoms with Crippen LogP contribution < -0.4 is 5.56 Å². The Labute approximate surface area is 89.3 Å². The van der Waals surface area contributed by atoms with Crippen molar-refractivity contribution in [2.45, 2.75) is 6.92 Å². The lowest BCUT2D eigenvalue weighted by atomic mass is 10.2. The molecule has 2 heterocycles. The zero-order chi connectivity index (χ0) is 11.3. The van der Waals surface area contributed by atoms with E-state index in [1.807, 2.05) is 0 Å². The predicted octanol–water partition coefficient (Wildman–Crippen LogP) is 1.62. The van der Waals surface area contributed by atoms with Crippen LogP contribution in [0.1, 0.15) is 5.69 Å². The molecule has 0 spiro atoms. The summed E-state index contributed by atoms with van der Waals surface area (Å²) in [6, 6.07) is 6.05. The fraction of sp³-hybridized carbons (Fsp3) is 0.0909. The fourth-order valence-electron chi connectivity index (χ4n) is 1.84. The van der Waals surface area contributed by atoms with E-state index in [0.29, 0.717) is 22.2 Å². The summed E-state index contributed by atoms with van der Waals surface area (Å²) in [4.78, 5) is 15.8. The lowest BCUT2D eigenvalue weighted by Gasteiger charge is -1.94. The van der Waals surface area contributed by atoms with Crippen LogP contribution in [0.4, 0.5) is 4.39 Å². The number of H-pyrrole nitrogens is 1. The number of rotatable bonds is 0. The van der Waals surface area contributed by atoms with E-state index in [-0.39, 0.29) is 11.4 Å². The second-order valence-corrected chi connectivity index (χ2v) is 3.67. The molecule has 0 saturated carbocycles. The number of aromatic nitrogens is 3.